The van der Waals surface area contributed by atoms with E-state index in [4.69, 9.17) is 11.6 Å². The number of benzene rings is 1. The molecule has 0 aliphatic heterocycles. The van der Waals surface area contributed by atoms with Crippen LogP contribution in [0.1, 0.15) is 18.2 Å². The second-order valence-corrected chi connectivity index (χ2v) is 6.45. The molecule has 0 aliphatic carbocycles. The Bertz CT molecular complexity index is 1140. The molecule has 4 rings (SSSR count). The molecule has 8 heteroatoms. The van der Waals surface area contributed by atoms with Crippen LogP contribution in [0.25, 0.3) is 22.4 Å². The smallest absolute Gasteiger partial charge is 0.163 e. The van der Waals surface area contributed by atoms with E-state index in [0.29, 0.717) is 33.5 Å². The number of hydrogen-bond donors (Lipinski definition) is 2. The number of nitrogens with one attached hydrogen (secondary N) is 2. The number of aromatic amines is 1. The number of pyridine rings is 1. The standard InChI is InChI=1S/C19H16ClFN6/c1-3-12-10(2)23-18(13-6-4-5-7-15(13)20)24-17(12)25-19-14-8-11(21)9-22-16(14)26-27-19/h4-9H,3H2,1-2H3,(H2,22,23,24,25,26,27). The van der Waals surface area contributed by atoms with Crippen molar-refractivity contribution in [2.75, 3.05) is 5.32 Å². The number of anilines is 2. The van der Waals surface area contributed by atoms with Crippen molar-refractivity contribution in [2.45, 2.75) is 20.3 Å². The van der Waals surface area contributed by atoms with E-state index in [1.54, 1.807) is 6.07 Å². The van der Waals surface area contributed by atoms with Crippen molar-refractivity contribution in [2.24, 2.45) is 0 Å². The van der Waals surface area contributed by atoms with Gasteiger partial charge in [-0.15, -0.1) is 0 Å². The Morgan fingerprint density at radius 3 is 2.78 bits per heavy atom. The normalized spacial score (nSPS) is 11.1. The quantitative estimate of drug-likeness (QED) is 0.529. The zero-order valence-electron chi connectivity index (χ0n) is 14.7. The largest absolute Gasteiger partial charge is 0.323 e. The monoisotopic (exact) mass is 382 g/mol. The van der Waals surface area contributed by atoms with Gasteiger partial charge in [0, 0.05) is 16.8 Å². The van der Waals surface area contributed by atoms with Crippen LogP contribution in [-0.2, 0) is 6.42 Å². The lowest BCUT2D eigenvalue weighted by Gasteiger charge is -2.13. The highest BCUT2D eigenvalue weighted by molar-refractivity contribution is 6.33. The summed E-state index contributed by atoms with van der Waals surface area (Å²) >= 11 is 6.31. The summed E-state index contributed by atoms with van der Waals surface area (Å²) in [6.07, 6.45) is 1.87. The van der Waals surface area contributed by atoms with Crippen molar-refractivity contribution < 1.29 is 4.39 Å². The molecule has 3 aromatic heterocycles. The van der Waals surface area contributed by atoms with E-state index < -0.39 is 5.82 Å². The summed E-state index contributed by atoms with van der Waals surface area (Å²) in [5.74, 6) is 1.15. The lowest BCUT2D eigenvalue weighted by molar-refractivity contribution is 0.624. The van der Waals surface area contributed by atoms with Crippen LogP contribution in [0.4, 0.5) is 16.0 Å². The van der Waals surface area contributed by atoms with Gasteiger partial charge < -0.3 is 5.32 Å². The van der Waals surface area contributed by atoms with Crippen molar-refractivity contribution in [3.8, 4) is 11.4 Å². The van der Waals surface area contributed by atoms with E-state index in [0.717, 1.165) is 29.4 Å². The first-order chi connectivity index (χ1) is 13.1. The number of aromatic nitrogens is 5. The van der Waals surface area contributed by atoms with Crippen molar-refractivity contribution in [1.82, 2.24) is 25.1 Å². The molecule has 0 radical (unpaired) electrons. The summed E-state index contributed by atoms with van der Waals surface area (Å²) in [6, 6.07) is 8.79. The molecule has 3 heterocycles. The average molecular weight is 383 g/mol. The van der Waals surface area contributed by atoms with Gasteiger partial charge in [-0.2, -0.15) is 5.10 Å². The van der Waals surface area contributed by atoms with Crippen LogP contribution in [-0.4, -0.2) is 25.1 Å². The maximum atomic E-state index is 13.6. The number of aryl methyl sites for hydroxylation is 1. The van der Waals surface area contributed by atoms with Crippen LogP contribution in [0, 0.1) is 12.7 Å². The lowest BCUT2D eigenvalue weighted by Crippen LogP contribution is -2.06. The Morgan fingerprint density at radius 2 is 2.00 bits per heavy atom. The third-order valence-electron chi connectivity index (χ3n) is 4.30. The first-order valence-electron chi connectivity index (χ1n) is 8.46. The molecule has 0 spiro atoms. The summed E-state index contributed by atoms with van der Waals surface area (Å²) in [6.45, 7) is 3.95. The van der Waals surface area contributed by atoms with Gasteiger partial charge in [0.25, 0.3) is 0 Å². The Kier molecular flexibility index (Phi) is 4.45. The fourth-order valence-electron chi connectivity index (χ4n) is 2.97. The van der Waals surface area contributed by atoms with Gasteiger partial charge >= 0.3 is 0 Å². The summed E-state index contributed by atoms with van der Waals surface area (Å²) in [5, 5.41) is 11.3. The molecule has 0 saturated carbocycles. The van der Waals surface area contributed by atoms with Crippen molar-refractivity contribution >= 4 is 34.3 Å². The Morgan fingerprint density at radius 1 is 1.19 bits per heavy atom. The molecule has 0 saturated heterocycles. The number of halogens is 2. The SMILES string of the molecule is CCc1c(C)nc(-c2ccccc2Cl)nc1Nc1n[nH]c2ncc(F)cc12. The minimum Gasteiger partial charge on any atom is -0.323 e. The van der Waals surface area contributed by atoms with E-state index in [1.807, 2.05) is 32.0 Å². The van der Waals surface area contributed by atoms with Gasteiger partial charge in [0.15, 0.2) is 17.3 Å². The highest BCUT2D eigenvalue weighted by Gasteiger charge is 2.16. The number of H-pyrrole nitrogens is 1. The lowest BCUT2D eigenvalue weighted by atomic mass is 10.1. The Hall–Kier alpha value is -3.06. The molecular weight excluding hydrogens is 367 g/mol. The maximum absolute atomic E-state index is 13.6. The van der Waals surface area contributed by atoms with E-state index in [-0.39, 0.29) is 0 Å². The van der Waals surface area contributed by atoms with E-state index >= 15 is 0 Å². The topological polar surface area (TPSA) is 79.4 Å². The highest BCUT2D eigenvalue weighted by Crippen LogP contribution is 2.30. The summed E-state index contributed by atoms with van der Waals surface area (Å²) in [5.41, 5.74) is 3.03. The molecule has 2 N–H and O–H groups in total. The molecule has 4 aromatic rings. The average Bonchev–Trinajstić information content (AvgIpc) is 3.04. The molecule has 27 heavy (non-hydrogen) atoms. The first kappa shape index (κ1) is 17.4. The van der Waals surface area contributed by atoms with E-state index in [9.17, 15) is 4.39 Å². The predicted octanol–water partition coefficient (Wildman–Crippen LogP) is 4.82. The molecular formula is C19H16ClFN6. The summed E-state index contributed by atoms with van der Waals surface area (Å²) < 4.78 is 13.6. The van der Waals surface area contributed by atoms with Gasteiger partial charge in [-0.1, -0.05) is 30.7 Å². The zero-order valence-corrected chi connectivity index (χ0v) is 15.5. The van der Waals surface area contributed by atoms with Gasteiger partial charge in [-0.3, -0.25) is 5.10 Å². The molecule has 0 atom stereocenters. The van der Waals surface area contributed by atoms with Gasteiger partial charge in [0.05, 0.1) is 16.6 Å². The molecule has 1 aromatic carbocycles. The van der Waals surface area contributed by atoms with Gasteiger partial charge in [-0.25, -0.2) is 19.3 Å². The Labute approximate surface area is 159 Å². The summed E-state index contributed by atoms with van der Waals surface area (Å²) in [7, 11) is 0. The molecule has 0 bridgehead atoms. The van der Waals surface area contributed by atoms with Crippen LogP contribution >= 0.6 is 11.6 Å². The van der Waals surface area contributed by atoms with Gasteiger partial charge in [0.2, 0.25) is 0 Å². The molecule has 0 aliphatic rings. The van der Waals surface area contributed by atoms with Gasteiger partial charge in [-0.05, 0) is 31.5 Å². The number of hydrogen-bond acceptors (Lipinski definition) is 5. The zero-order chi connectivity index (χ0) is 19.0. The molecule has 136 valence electrons. The maximum Gasteiger partial charge on any atom is 0.163 e. The van der Waals surface area contributed by atoms with Crippen molar-refractivity contribution in [1.29, 1.82) is 0 Å². The first-order valence-corrected chi connectivity index (χ1v) is 8.83. The van der Waals surface area contributed by atoms with Gasteiger partial charge in [0.1, 0.15) is 11.6 Å². The minimum absolute atomic E-state index is 0.432. The number of fused-ring (bicyclic) bond motifs is 1. The van der Waals surface area contributed by atoms with Crippen molar-refractivity contribution in [3.05, 3.63) is 58.6 Å². The fourth-order valence-corrected chi connectivity index (χ4v) is 3.19. The second-order valence-electron chi connectivity index (χ2n) is 6.04. The summed E-state index contributed by atoms with van der Waals surface area (Å²) in [4.78, 5) is 13.3. The van der Waals surface area contributed by atoms with Crippen LogP contribution in [0.15, 0.2) is 36.5 Å². The molecule has 6 nitrogen and oxygen atoms in total. The molecule has 0 fully saturated rings. The second kappa shape index (κ2) is 6.92. The number of nitrogens with zero attached hydrogens (tertiary/aromatic N) is 4. The van der Waals surface area contributed by atoms with Crippen LogP contribution in [0.3, 0.4) is 0 Å². The third-order valence-corrected chi connectivity index (χ3v) is 4.63. The fraction of sp³-hybridized carbons (Fsp3) is 0.158. The van der Waals surface area contributed by atoms with Crippen LogP contribution in [0.2, 0.25) is 5.02 Å². The van der Waals surface area contributed by atoms with Crippen LogP contribution in [0.5, 0.6) is 0 Å². The van der Waals surface area contributed by atoms with E-state index in [1.165, 1.54) is 6.07 Å². The number of rotatable bonds is 4. The van der Waals surface area contributed by atoms with E-state index in [2.05, 4.69) is 30.5 Å². The van der Waals surface area contributed by atoms with Crippen molar-refractivity contribution in [3.63, 3.8) is 0 Å². The predicted molar refractivity (Wildman–Crippen MR) is 104 cm³/mol. The highest BCUT2D eigenvalue weighted by atomic mass is 35.5. The van der Waals surface area contributed by atoms with Crippen LogP contribution < -0.4 is 5.32 Å². The third kappa shape index (κ3) is 3.21. The Balaban J connectivity index is 1.83. The minimum atomic E-state index is -0.432. The molecule has 0 unspecified atom stereocenters. The molecule has 0 amide bonds.